The number of hydrogen-bond acceptors (Lipinski definition) is 5. The maximum Gasteiger partial charge on any atom is 0.255 e. The monoisotopic (exact) mass is 271 g/mol. The predicted molar refractivity (Wildman–Crippen MR) is 74.8 cm³/mol. The molecule has 6 heteroatoms. The van der Waals surface area contributed by atoms with Crippen molar-refractivity contribution in [3.8, 4) is 11.5 Å². The number of amides is 1. The average molecular weight is 271 g/mol. The Morgan fingerprint density at radius 1 is 1.00 bits per heavy atom. The van der Waals surface area contributed by atoms with Crippen LogP contribution in [0.25, 0.3) is 0 Å². The van der Waals surface area contributed by atoms with Gasteiger partial charge in [0.1, 0.15) is 0 Å². The molecule has 0 unspecified atom stereocenters. The Morgan fingerprint density at radius 2 is 1.70 bits per heavy atom. The number of nitrogens with one attached hydrogen (secondary N) is 2. The number of anilines is 2. The third kappa shape index (κ3) is 2.36. The second-order valence-electron chi connectivity index (χ2n) is 4.24. The Morgan fingerprint density at radius 3 is 2.45 bits per heavy atom. The first-order chi connectivity index (χ1) is 9.76. The zero-order chi connectivity index (χ0) is 13.9. The fourth-order valence-electron chi connectivity index (χ4n) is 1.90. The van der Waals surface area contributed by atoms with Crippen LogP contribution in [-0.4, -0.2) is 12.7 Å². The molecule has 2 aromatic rings. The van der Waals surface area contributed by atoms with E-state index in [0.717, 1.165) is 5.69 Å². The Kier molecular flexibility index (Phi) is 3.14. The van der Waals surface area contributed by atoms with E-state index < -0.39 is 0 Å². The maximum absolute atomic E-state index is 12.1. The lowest BCUT2D eigenvalue weighted by Crippen LogP contribution is -2.12. The van der Waals surface area contributed by atoms with E-state index in [4.69, 9.17) is 15.3 Å². The van der Waals surface area contributed by atoms with E-state index in [-0.39, 0.29) is 12.7 Å². The van der Waals surface area contributed by atoms with Crippen LogP contribution in [0, 0.1) is 0 Å². The number of ether oxygens (including phenoxy) is 2. The molecule has 102 valence electrons. The molecule has 0 aromatic heterocycles. The summed E-state index contributed by atoms with van der Waals surface area (Å²) in [4.78, 5) is 12.1. The van der Waals surface area contributed by atoms with Gasteiger partial charge in [-0.25, -0.2) is 0 Å². The van der Waals surface area contributed by atoms with Crippen molar-refractivity contribution in [3.05, 3.63) is 48.0 Å². The summed E-state index contributed by atoms with van der Waals surface area (Å²) < 4.78 is 10.5. The molecule has 0 radical (unpaired) electrons. The molecule has 4 N–H and O–H groups in total. The van der Waals surface area contributed by atoms with Crippen molar-refractivity contribution < 1.29 is 14.3 Å². The minimum atomic E-state index is -0.201. The van der Waals surface area contributed by atoms with E-state index in [9.17, 15) is 4.79 Å². The van der Waals surface area contributed by atoms with Crippen LogP contribution in [0.1, 0.15) is 10.4 Å². The van der Waals surface area contributed by atoms with Crippen LogP contribution >= 0.6 is 0 Å². The molecule has 0 aliphatic carbocycles. The van der Waals surface area contributed by atoms with Crippen molar-refractivity contribution in [2.75, 3.05) is 17.5 Å². The summed E-state index contributed by atoms with van der Waals surface area (Å²) in [6.07, 6.45) is 0. The third-order valence-corrected chi connectivity index (χ3v) is 2.94. The number of rotatable bonds is 3. The normalized spacial score (nSPS) is 12.1. The van der Waals surface area contributed by atoms with Gasteiger partial charge in [0.15, 0.2) is 11.5 Å². The van der Waals surface area contributed by atoms with Gasteiger partial charge >= 0.3 is 0 Å². The lowest BCUT2D eigenvalue weighted by atomic mass is 10.2. The van der Waals surface area contributed by atoms with Crippen LogP contribution in [0.15, 0.2) is 42.5 Å². The molecular formula is C14H13N3O3. The Labute approximate surface area is 115 Å². The third-order valence-electron chi connectivity index (χ3n) is 2.94. The number of nitrogen functional groups attached to an aromatic ring is 1. The van der Waals surface area contributed by atoms with Gasteiger partial charge in [0.2, 0.25) is 6.79 Å². The second kappa shape index (κ2) is 5.10. The van der Waals surface area contributed by atoms with Gasteiger partial charge in [0.05, 0.1) is 0 Å². The highest BCUT2D eigenvalue weighted by atomic mass is 16.7. The lowest BCUT2D eigenvalue weighted by Gasteiger charge is -2.07. The average Bonchev–Trinajstić information content (AvgIpc) is 2.95. The number of carbonyl (C=O) groups excluding carboxylic acids is 1. The van der Waals surface area contributed by atoms with Crippen LogP contribution < -0.4 is 26.1 Å². The maximum atomic E-state index is 12.1. The smallest absolute Gasteiger partial charge is 0.255 e. The van der Waals surface area contributed by atoms with E-state index in [2.05, 4.69) is 10.7 Å². The summed E-state index contributed by atoms with van der Waals surface area (Å²) in [6.45, 7) is 0.209. The fourth-order valence-corrected chi connectivity index (χ4v) is 1.90. The highest BCUT2D eigenvalue weighted by Gasteiger charge is 2.14. The molecule has 0 saturated carbocycles. The summed E-state index contributed by atoms with van der Waals surface area (Å²) >= 11 is 0. The van der Waals surface area contributed by atoms with E-state index in [0.29, 0.717) is 22.7 Å². The standard InChI is InChI=1S/C14H13N3O3/c15-17-10-3-1-9(2-4-10)14(18)16-11-5-6-12-13(7-11)20-8-19-12/h1-7,17H,8,15H2,(H,16,18). The molecule has 1 aliphatic heterocycles. The SMILES string of the molecule is NNc1ccc(C(=O)Nc2ccc3c(c2)OCO3)cc1. The quantitative estimate of drug-likeness (QED) is 0.587. The van der Waals surface area contributed by atoms with Gasteiger partial charge in [-0.15, -0.1) is 0 Å². The van der Waals surface area contributed by atoms with E-state index in [1.54, 1.807) is 42.5 Å². The summed E-state index contributed by atoms with van der Waals surface area (Å²) in [7, 11) is 0. The molecule has 0 spiro atoms. The van der Waals surface area contributed by atoms with Crippen LogP contribution in [-0.2, 0) is 0 Å². The molecule has 6 nitrogen and oxygen atoms in total. The van der Waals surface area contributed by atoms with Crippen molar-refractivity contribution in [1.29, 1.82) is 0 Å². The van der Waals surface area contributed by atoms with E-state index >= 15 is 0 Å². The van der Waals surface area contributed by atoms with E-state index in [1.165, 1.54) is 0 Å². The number of hydrogen-bond donors (Lipinski definition) is 3. The first-order valence-corrected chi connectivity index (χ1v) is 6.04. The molecular weight excluding hydrogens is 258 g/mol. The van der Waals surface area contributed by atoms with Gasteiger partial charge in [-0.3, -0.25) is 10.6 Å². The minimum absolute atomic E-state index is 0.201. The topological polar surface area (TPSA) is 85.6 Å². The van der Waals surface area contributed by atoms with Crippen molar-refractivity contribution in [2.24, 2.45) is 5.84 Å². The molecule has 3 rings (SSSR count). The number of carbonyl (C=O) groups is 1. The van der Waals surface area contributed by atoms with Gasteiger partial charge < -0.3 is 20.2 Å². The number of nitrogens with two attached hydrogens (primary N) is 1. The molecule has 0 fully saturated rings. The Balaban J connectivity index is 1.75. The van der Waals surface area contributed by atoms with Crippen LogP contribution in [0.5, 0.6) is 11.5 Å². The molecule has 2 aromatic carbocycles. The summed E-state index contributed by atoms with van der Waals surface area (Å²) in [5.74, 6) is 6.39. The van der Waals surface area contributed by atoms with Crippen molar-refractivity contribution in [3.63, 3.8) is 0 Å². The van der Waals surface area contributed by atoms with Crippen molar-refractivity contribution in [1.82, 2.24) is 0 Å². The number of fused-ring (bicyclic) bond motifs is 1. The number of benzene rings is 2. The molecule has 0 saturated heterocycles. The zero-order valence-electron chi connectivity index (χ0n) is 10.6. The number of hydrazine groups is 1. The van der Waals surface area contributed by atoms with Crippen molar-refractivity contribution >= 4 is 17.3 Å². The van der Waals surface area contributed by atoms with Gasteiger partial charge in [-0.2, -0.15) is 0 Å². The predicted octanol–water partition coefficient (Wildman–Crippen LogP) is 1.95. The summed E-state index contributed by atoms with van der Waals surface area (Å²) in [5, 5.41) is 2.80. The molecule has 1 amide bonds. The van der Waals surface area contributed by atoms with Crippen LogP contribution in [0.3, 0.4) is 0 Å². The van der Waals surface area contributed by atoms with E-state index in [1.807, 2.05) is 0 Å². The van der Waals surface area contributed by atoms with Gasteiger partial charge in [-0.05, 0) is 36.4 Å². The minimum Gasteiger partial charge on any atom is -0.454 e. The summed E-state index contributed by atoms with van der Waals surface area (Å²) in [6, 6.07) is 12.1. The zero-order valence-corrected chi connectivity index (χ0v) is 10.6. The highest BCUT2D eigenvalue weighted by Crippen LogP contribution is 2.34. The van der Waals surface area contributed by atoms with Gasteiger partial charge in [0.25, 0.3) is 5.91 Å². The molecule has 1 aliphatic rings. The molecule has 20 heavy (non-hydrogen) atoms. The second-order valence-corrected chi connectivity index (χ2v) is 4.24. The highest BCUT2D eigenvalue weighted by molar-refractivity contribution is 6.04. The fraction of sp³-hybridized carbons (Fsp3) is 0.0714. The first kappa shape index (κ1) is 12.3. The lowest BCUT2D eigenvalue weighted by molar-refractivity contribution is 0.102. The van der Waals surface area contributed by atoms with Crippen LogP contribution in [0.4, 0.5) is 11.4 Å². The summed E-state index contributed by atoms with van der Waals surface area (Å²) in [5.41, 5.74) is 4.45. The molecule has 1 heterocycles. The molecule has 0 bridgehead atoms. The first-order valence-electron chi connectivity index (χ1n) is 6.04. The van der Waals surface area contributed by atoms with Gasteiger partial charge in [0, 0.05) is 23.0 Å². The van der Waals surface area contributed by atoms with Crippen LogP contribution in [0.2, 0.25) is 0 Å². The Bertz CT molecular complexity index is 641. The van der Waals surface area contributed by atoms with Gasteiger partial charge in [-0.1, -0.05) is 0 Å². The van der Waals surface area contributed by atoms with Crippen molar-refractivity contribution in [2.45, 2.75) is 0 Å². The molecule has 0 atom stereocenters. The Hall–Kier alpha value is -2.73. The largest absolute Gasteiger partial charge is 0.454 e.